The average molecular weight is 395 g/mol. The van der Waals surface area contributed by atoms with E-state index in [9.17, 15) is 9.18 Å². The zero-order chi connectivity index (χ0) is 20.5. The number of H-pyrrole nitrogens is 1. The van der Waals surface area contributed by atoms with E-state index in [-0.39, 0.29) is 5.69 Å². The second-order valence-corrected chi connectivity index (χ2v) is 7.25. The third-order valence-corrected chi connectivity index (χ3v) is 4.88. The van der Waals surface area contributed by atoms with Crippen LogP contribution in [0.25, 0.3) is 33.1 Å². The number of fused-ring (bicyclic) bond motifs is 3. The first-order valence-corrected chi connectivity index (χ1v) is 9.35. The van der Waals surface area contributed by atoms with Crippen molar-refractivity contribution in [3.05, 3.63) is 53.0 Å². The minimum Gasteiger partial charge on any atom is -0.478 e. The number of nitrogens with zero attached hydrogens (tertiary/aromatic N) is 4. The highest BCUT2D eigenvalue weighted by Crippen LogP contribution is 2.30. The van der Waals surface area contributed by atoms with E-state index in [4.69, 9.17) is 4.74 Å². The number of pyridine rings is 2. The summed E-state index contributed by atoms with van der Waals surface area (Å²) >= 11 is 0. The van der Waals surface area contributed by atoms with E-state index < -0.39 is 5.82 Å². The van der Waals surface area contributed by atoms with Crippen molar-refractivity contribution in [1.29, 1.82) is 0 Å². The summed E-state index contributed by atoms with van der Waals surface area (Å²) in [4.78, 5) is 25.5. The molecule has 0 saturated heterocycles. The number of benzene rings is 1. The third-order valence-electron chi connectivity index (χ3n) is 4.88. The lowest BCUT2D eigenvalue weighted by atomic mass is 10.0. The van der Waals surface area contributed by atoms with Gasteiger partial charge in [-0.1, -0.05) is 0 Å². The van der Waals surface area contributed by atoms with Crippen molar-refractivity contribution in [2.75, 3.05) is 27.2 Å². The minimum atomic E-state index is -0.399. The molecule has 1 N–H and O–H groups in total. The van der Waals surface area contributed by atoms with Crippen LogP contribution in [0.3, 0.4) is 0 Å². The first-order chi connectivity index (χ1) is 13.9. The molecule has 0 aliphatic rings. The van der Waals surface area contributed by atoms with Gasteiger partial charge in [-0.05, 0) is 32.6 Å². The van der Waals surface area contributed by atoms with Gasteiger partial charge in [-0.25, -0.2) is 14.2 Å². The molecule has 0 bridgehead atoms. The van der Waals surface area contributed by atoms with Crippen LogP contribution in [-0.4, -0.2) is 51.7 Å². The molecule has 4 aromatic rings. The van der Waals surface area contributed by atoms with E-state index >= 15 is 0 Å². The fourth-order valence-electron chi connectivity index (χ4n) is 3.29. The molecule has 8 heteroatoms. The highest BCUT2D eigenvalue weighted by atomic mass is 19.1. The molecule has 0 aliphatic heterocycles. The van der Waals surface area contributed by atoms with Crippen LogP contribution in [0.2, 0.25) is 0 Å². The smallest absolute Gasteiger partial charge is 0.326 e. The molecule has 29 heavy (non-hydrogen) atoms. The number of aromatic amines is 1. The first kappa shape index (κ1) is 19.1. The topological polar surface area (TPSA) is 76.0 Å². The Morgan fingerprint density at radius 3 is 2.76 bits per heavy atom. The van der Waals surface area contributed by atoms with Gasteiger partial charge < -0.3 is 14.6 Å². The molecular formula is C21H22FN5O2. The van der Waals surface area contributed by atoms with Crippen LogP contribution in [-0.2, 0) is 7.05 Å². The van der Waals surface area contributed by atoms with Crippen LogP contribution in [0.1, 0.15) is 6.42 Å². The van der Waals surface area contributed by atoms with Crippen LogP contribution in [0.5, 0.6) is 5.88 Å². The number of halogens is 1. The average Bonchev–Trinajstić information content (AvgIpc) is 2.99. The normalized spacial score (nSPS) is 11.6. The van der Waals surface area contributed by atoms with E-state index in [0.717, 1.165) is 13.0 Å². The molecule has 0 saturated carbocycles. The van der Waals surface area contributed by atoms with Crippen molar-refractivity contribution < 1.29 is 9.13 Å². The van der Waals surface area contributed by atoms with Gasteiger partial charge in [0.05, 0.1) is 29.4 Å². The molecule has 7 nitrogen and oxygen atoms in total. The van der Waals surface area contributed by atoms with Gasteiger partial charge >= 0.3 is 5.69 Å². The van der Waals surface area contributed by atoms with Crippen molar-refractivity contribution in [2.45, 2.75) is 6.42 Å². The molecule has 4 rings (SSSR count). The number of aromatic nitrogens is 4. The SMILES string of the molecule is CN(C)CCCOc1ccc(-c2cc3c(cc2F)ncc2c3[nH]c(=O)n2C)cn1. The van der Waals surface area contributed by atoms with Crippen LogP contribution < -0.4 is 10.4 Å². The zero-order valence-corrected chi connectivity index (χ0v) is 16.6. The molecule has 0 spiro atoms. The first-order valence-electron chi connectivity index (χ1n) is 9.35. The monoisotopic (exact) mass is 395 g/mol. The molecule has 3 aromatic heterocycles. The number of aryl methyl sites for hydroxylation is 1. The summed E-state index contributed by atoms with van der Waals surface area (Å²) < 4.78 is 21.9. The summed E-state index contributed by atoms with van der Waals surface area (Å²) in [5.41, 5.74) is 2.56. The maximum Gasteiger partial charge on any atom is 0.326 e. The molecular weight excluding hydrogens is 373 g/mol. The number of hydrogen-bond acceptors (Lipinski definition) is 5. The number of ether oxygens (including phenoxy) is 1. The highest BCUT2D eigenvalue weighted by molar-refractivity contribution is 6.03. The number of hydrogen-bond donors (Lipinski definition) is 1. The summed E-state index contributed by atoms with van der Waals surface area (Å²) in [7, 11) is 5.69. The van der Waals surface area contributed by atoms with Gasteiger partial charge in [0.1, 0.15) is 5.82 Å². The van der Waals surface area contributed by atoms with E-state index in [1.165, 1.54) is 10.6 Å². The molecule has 0 atom stereocenters. The van der Waals surface area contributed by atoms with Gasteiger partial charge in [0.2, 0.25) is 5.88 Å². The molecule has 150 valence electrons. The van der Waals surface area contributed by atoms with Crippen LogP contribution >= 0.6 is 0 Å². The zero-order valence-electron chi connectivity index (χ0n) is 16.6. The minimum absolute atomic E-state index is 0.238. The quantitative estimate of drug-likeness (QED) is 0.508. The molecule has 3 heterocycles. The molecule has 0 aliphatic carbocycles. The number of imidazole rings is 1. The van der Waals surface area contributed by atoms with Gasteiger partial charge in [-0.15, -0.1) is 0 Å². The Morgan fingerprint density at radius 1 is 1.21 bits per heavy atom. The van der Waals surface area contributed by atoms with Crippen LogP contribution in [0, 0.1) is 5.82 Å². The predicted octanol–water partition coefficient (Wildman–Crippen LogP) is 2.95. The van der Waals surface area contributed by atoms with Crippen molar-refractivity contribution in [1.82, 2.24) is 24.4 Å². The summed E-state index contributed by atoms with van der Waals surface area (Å²) in [6.07, 6.45) is 4.06. The number of rotatable bonds is 6. The maximum absolute atomic E-state index is 14.7. The van der Waals surface area contributed by atoms with Gasteiger partial charge in [-0.2, -0.15) is 0 Å². The largest absolute Gasteiger partial charge is 0.478 e. The molecule has 1 aromatic carbocycles. The number of nitrogens with one attached hydrogen (secondary N) is 1. The second kappa shape index (κ2) is 7.63. The van der Waals surface area contributed by atoms with E-state index in [1.807, 2.05) is 14.1 Å². The molecule has 0 amide bonds. The Balaban J connectivity index is 1.66. The van der Waals surface area contributed by atoms with E-state index in [1.54, 1.807) is 37.6 Å². The lowest BCUT2D eigenvalue weighted by Crippen LogP contribution is -2.15. The standard InChI is InChI=1S/C21H22FN5O2/c1-26(2)7-4-8-29-19-6-5-13(11-24-19)14-9-15-17(10-16(14)22)23-12-18-20(15)25-21(28)27(18)3/h5-6,9-12H,4,7-8H2,1-3H3,(H,25,28). The maximum atomic E-state index is 14.7. The van der Waals surface area contributed by atoms with Crippen molar-refractivity contribution in [2.24, 2.45) is 7.05 Å². The summed E-state index contributed by atoms with van der Waals surface area (Å²) in [6.45, 7) is 1.50. The summed E-state index contributed by atoms with van der Waals surface area (Å²) in [5, 5.41) is 0.681. The Kier molecular flexibility index (Phi) is 5.02. The second-order valence-electron chi connectivity index (χ2n) is 7.25. The van der Waals surface area contributed by atoms with Crippen molar-refractivity contribution >= 4 is 21.9 Å². The molecule has 0 unspecified atom stereocenters. The molecule has 0 radical (unpaired) electrons. The van der Waals surface area contributed by atoms with E-state index in [2.05, 4.69) is 19.9 Å². The predicted molar refractivity (Wildman–Crippen MR) is 111 cm³/mol. The highest BCUT2D eigenvalue weighted by Gasteiger charge is 2.13. The Hall–Kier alpha value is -3.26. The van der Waals surface area contributed by atoms with Gasteiger partial charge in [0.25, 0.3) is 0 Å². The van der Waals surface area contributed by atoms with Gasteiger partial charge in [0.15, 0.2) is 0 Å². The van der Waals surface area contributed by atoms with Crippen LogP contribution in [0.15, 0.2) is 41.5 Å². The Labute approximate surface area is 166 Å². The van der Waals surface area contributed by atoms with E-state index in [0.29, 0.717) is 45.6 Å². The van der Waals surface area contributed by atoms with Gasteiger partial charge in [-0.3, -0.25) is 9.55 Å². The fourth-order valence-corrected chi connectivity index (χ4v) is 3.29. The van der Waals surface area contributed by atoms with Gasteiger partial charge in [0, 0.05) is 48.4 Å². The summed E-state index contributed by atoms with van der Waals surface area (Å²) in [5.74, 6) is 0.106. The fraction of sp³-hybridized carbons (Fsp3) is 0.286. The summed E-state index contributed by atoms with van der Waals surface area (Å²) in [6, 6.07) is 6.59. The third kappa shape index (κ3) is 3.71. The lowest BCUT2D eigenvalue weighted by Gasteiger charge is -2.10. The van der Waals surface area contributed by atoms with Crippen LogP contribution in [0.4, 0.5) is 4.39 Å². The Morgan fingerprint density at radius 2 is 2.03 bits per heavy atom. The van der Waals surface area contributed by atoms with Crippen molar-refractivity contribution in [3.8, 4) is 17.0 Å². The van der Waals surface area contributed by atoms with Crippen molar-refractivity contribution in [3.63, 3.8) is 0 Å². The molecule has 0 fully saturated rings. The Bertz CT molecular complexity index is 1230. The lowest BCUT2D eigenvalue weighted by molar-refractivity contribution is 0.273.